The molecule has 3 rings (SSSR count). The van der Waals surface area contributed by atoms with Crippen LogP contribution in [0.3, 0.4) is 0 Å². The quantitative estimate of drug-likeness (QED) is 0.818. The fourth-order valence-electron chi connectivity index (χ4n) is 4.08. The maximum absolute atomic E-state index is 13.1. The number of benzene rings is 2. The zero-order valence-electron chi connectivity index (χ0n) is 16.6. The van der Waals surface area contributed by atoms with Crippen molar-refractivity contribution in [1.82, 2.24) is 4.90 Å². The summed E-state index contributed by atoms with van der Waals surface area (Å²) < 4.78 is 13.1. The van der Waals surface area contributed by atoms with Crippen LogP contribution in [0.5, 0.6) is 0 Å². The van der Waals surface area contributed by atoms with Crippen LogP contribution >= 0.6 is 0 Å². The van der Waals surface area contributed by atoms with Crippen molar-refractivity contribution in [2.45, 2.75) is 38.8 Å². The summed E-state index contributed by atoms with van der Waals surface area (Å²) in [6.07, 6.45) is 0.690. The monoisotopic (exact) mass is 384 g/mol. The van der Waals surface area contributed by atoms with E-state index in [0.29, 0.717) is 13.0 Å². The molecule has 0 unspecified atom stereocenters. The Hall–Kier alpha value is -2.24. The highest BCUT2D eigenvalue weighted by atomic mass is 19.1. The molecule has 0 bridgehead atoms. The maximum Gasteiger partial charge on any atom is 0.226 e. The molecule has 0 aliphatic carbocycles. The van der Waals surface area contributed by atoms with Gasteiger partial charge < -0.3 is 10.0 Å². The van der Waals surface area contributed by atoms with E-state index in [0.717, 1.165) is 30.8 Å². The van der Waals surface area contributed by atoms with Gasteiger partial charge in [-0.25, -0.2) is 4.39 Å². The van der Waals surface area contributed by atoms with Crippen LogP contribution in [0.1, 0.15) is 38.4 Å². The maximum atomic E-state index is 13.1. The SMILES string of the molecule is CCC(=O)N(c1ccccc1)[C@H]1CCN(C[C@H](O)c2ccc(F)cc2)C[C@H]1C. The van der Waals surface area contributed by atoms with Crippen LogP contribution in [0.25, 0.3) is 0 Å². The van der Waals surface area contributed by atoms with Gasteiger partial charge in [0.1, 0.15) is 5.82 Å². The number of carbonyl (C=O) groups excluding carboxylic acids is 1. The smallest absolute Gasteiger partial charge is 0.226 e. The molecule has 28 heavy (non-hydrogen) atoms. The minimum absolute atomic E-state index is 0.142. The molecule has 1 heterocycles. The number of likely N-dealkylation sites (tertiary alicyclic amines) is 1. The number of hydrogen-bond acceptors (Lipinski definition) is 3. The summed E-state index contributed by atoms with van der Waals surface area (Å²) in [6.45, 7) is 6.20. The molecule has 0 spiro atoms. The van der Waals surface area contributed by atoms with E-state index in [1.807, 2.05) is 42.2 Å². The normalized spacial score (nSPS) is 21.3. The second kappa shape index (κ2) is 9.30. The van der Waals surface area contributed by atoms with E-state index in [1.54, 1.807) is 12.1 Å². The Morgan fingerprint density at radius 1 is 1.21 bits per heavy atom. The largest absolute Gasteiger partial charge is 0.387 e. The molecule has 1 aliphatic heterocycles. The van der Waals surface area contributed by atoms with Gasteiger partial charge in [0.25, 0.3) is 0 Å². The van der Waals surface area contributed by atoms with E-state index in [-0.39, 0.29) is 23.7 Å². The number of rotatable bonds is 6. The molecule has 1 saturated heterocycles. The number of amides is 1. The van der Waals surface area contributed by atoms with Gasteiger partial charge in [0.15, 0.2) is 0 Å². The Morgan fingerprint density at radius 2 is 1.89 bits per heavy atom. The summed E-state index contributed by atoms with van der Waals surface area (Å²) in [5.41, 5.74) is 1.68. The number of carbonyl (C=O) groups is 1. The van der Waals surface area contributed by atoms with E-state index in [9.17, 15) is 14.3 Å². The molecule has 0 aromatic heterocycles. The molecule has 1 fully saturated rings. The third-order valence-corrected chi connectivity index (χ3v) is 5.57. The van der Waals surface area contributed by atoms with Crippen molar-refractivity contribution < 1.29 is 14.3 Å². The molecule has 2 aromatic rings. The molecule has 3 atom stereocenters. The van der Waals surface area contributed by atoms with Gasteiger partial charge in [-0.1, -0.05) is 44.2 Å². The number of piperidine rings is 1. The average molecular weight is 384 g/mol. The highest BCUT2D eigenvalue weighted by Gasteiger charge is 2.34. The molecule has 1 amide bonds. The zero-order valence-corrected chi connectivity index (χ0v) is 16.6. The molecule has 1 aliphatic rings. The first-order valence-electron chi connectivity index (χ1n) is 10.0. The van der Waals surface area contributed by atoms with Crippen LogP contribution in [0.2, 0.25) is 0 Å². The Morgan fingerprint density at radius 3 is 2.50 bits per heavy atom. The minimum atomic E-state index is -0.646. The van der Waals surface area contributed by atoms with Crippen LogP contribution in [0.4, 0.5) is 10.1 Å². The van der Waals surface area contributed by atoms with Crippen molar-refractivity contribution in [3.8, 4) is 0 Å². The van der Waals surface area contributed by atoms with Crippen LogP contribution < -0.4 is 4.90 Å². The minimum Gasteiger partial charge on any atom is -0.387 e. The predicted octanol–water partition coefficient (Wildman–Crippen LogP) is 4.01. The predicted molar refractivity (Wildman–Crippen MR) is 110 cm³/mol. The molecule has 1 N–H and O–H groups in total. The van der Waals surface area contributed by atoms with Gasteiger partial charge in [0, 0.05) is 37.8 Å². The molecule has 5 heteroatoms. The van der Waals surface area contributed by atoms with Gasteiger partial charge in [0.05, 0.1) is 6.10 Å². The molecule has 0 saturated carbocycles. The van der Waals surface area contributed by atoms with Crippen LogP contribution in [-0.2, 0) is 4.79 Å². The number of nitrogens with zero attached hydrogens (tertiary/aromatic N) is 2. The van der Waals surface area contributed by atoms with Crippen LogP contribution in [0, 0.1) is 11.7 Å². The highest BCUT2D eigenvalue weighted by molar-refractivity contribution is 5.93. The molecule has 4 nitrogen and oxygen atoms in total. The fourth-order valence-corrected chi connectivity index (χ4v) is 4.08. The fraction of sp³-hybridized carbons (Fsp3) is 0.435. The summed E-state index contributed by atoms with van der Waals surface area (Å²) in [5.74, 6) is 0.125. The van der Waals surface area contributed by atoms with Crippen molar-refractivity contribution in [1.29, 1.82) is 0 Å². The summed E-state index contributed by atoms with van der Waals surface area (Å²) in [6, 6.07) is 16.0. The highest BCUT2D eigenvalue weighted by Crippen LogP contribution is 2.29. The number of aliphatic hydroxyl groups excluding tert-OH is 1. The first-order valence-corrected chi connectivity index (χ1v) is 10.0. The Balaban J connectivity index is 1.66. The van der Waals surface area contributed by atoms with Crippen molar-refractivity contribution in [3.05, 3.63) is 66.0 Å². The first-order chi connectivity index (χ1) is 13.5. The van der Waals surface area contributed by atoms with E-state index in [4.69, 9.17) is 0 Å². The molecular formula is C23H29FN2O2. The second-order valence-corrected chi connectivity index (χ2v) is 7.61. The number of aliphatic hydroxyl groups is 1. The van der Waals surface area contributed by atoms with Crippen molar-refractivity contribution in [2.75, 3.05) is 24.5 Å². The lowest BCUT2D eigenvalue weighted by molar-refractivity contribution is -0.119. The van der Waals surface area contributed by atoms with Gasteiger partial charge in [0.2, 0.25) is 5.91 Å². The average Bonchev–Trinajstić information content (AvgIpc) is 2.71. The van der Waals surface area contributed by atoms with Crippen LogP contribution in [0.15, 0.2) is 54.6 Å². The number of halogens is 1. The van der Waals surface area contributed by atoms with E-state index in [2.05, 4.69) is 11.8 Å². The molecule has 0 radical (unpaired) electrons. The summed E-state index contributed by atoms with van der Waals surface area (Å²) >= 11 is 0. The van der Waals surface area contributed by atoms with Crippen molar-refractivity contribution in [2.24, 2.45) is 5.92 Å². The Kier molecular flexibility index (Phi) is 6.81. The molecule has 2 aromatic carbocycles. The topological polar surface area (TPSA) is 43.8 Å². The number of anilines is 1. The summed E-state index contributed by atoms with van der Waals surface area (Å²) in [5, 5.41) is 10.5. The van der Waals surface area contributed by atoms with Gasteiger partial charge in [-0.3, -0.25) is 9.69 Å². The van der Waals surface area contributed by atoms with E-state index < -0.39 is 6.10 Å². The van der Waals surface area contributed by atoms with Crippen molar-refractivity contribution in [3.63, 3.8) is 0 Å². The number of para-hydroxylation sites is 1. The van der Waals surface area contributed by atoms with E-state index >= 15 is 0 Å². The second-order valence-electron chi connectivity index (χ2n) is 7.61. The Labute approximate surface area is 166 Å². The molecular weight excluding hydrogens is 355 g/mol. The lowest BCUT2D eigenvalue weighted by Crippen LogP contribution is -2.52. The number of hydrogen-bond donors (Lipinski definition) is 1. The van der Waals surface area contributed by atoms with E-state index in [1.165, 1.54) is 12.1 Å². The Bertz CT molecular complexity index is 766. The molecule has 150 valence electrons. The summed E-state index contributed by atoms with van der Waals surface area (Å²) in [7, 11) is 0. The lowest BCUT2D eigenvalue weighted by Gasteiger charge is -2.43. The number of β-amino-alcohol motifs (C(OH)–C–C–N with tert-alkyl or cyclic N) is 1. The van der Waals surface area contributed by atoms with Gasteiger partial charge in [-0.2, -0.15) is 0 Å². The lowest BCUT2D eigenvalue weighted by atomic mass is 9.91. The van der Waals surface area contributed by atoms with Gasteiger partial charge in [-0.15, -0.1) is 0 Å². The van der Waals surface area contributed by atoms with Gasteiger partial charge >= 0.3 is 0 Å². The zero-order chi connectivity index (χ0) is 20.1. The van der Waals surface area contributed by atoms with Crippen molar-refractivity contribution >= 4 is 11.6 Å². The third-order valence-electron chi connectivity index (χ3n) is 5.57. The third kappa shape index (κ3) is 4.78. The van der Waals surface area contributed by atoms with Gasteiger partial charge in [-0.05, 0) is 42.2 Å². The summed E-state index contributed by atoms with van der Waals surface area (Å²) in [4.78, 5) is 16.9. The van der Waals surface area contributed by atoms with Crippen LogP contribution in [-0.4, -0.2) is 41.6 Å². The standard InChI is InChI=1S/C23H29FN2O2/c1-3-23(28)26(20-7-5-4-6-8-20)21-13-14-25(15-17(21)2)16-22(27)18-9-11-19(24)12-10-18/h4-12,17,21-22,27H,3,13-16H2,1-2H3/t17-,21+,22+/m1/s1. The first kappa shape index (κ1) is 20.5.